The molecule has 1 aromatic carbocycles. The molecule has 0 aliphatic rings. The van der Waals surface area contributed by atoms with Gasteiger partial charge in [-0.25, -0.2) is 0 Å². The summed E-state index contributed by atoms with van der Waals surface area (Å²) in [6, 6.07) is 8.74. The fourth-order valence-corrected chi connectivity index (χ4v) is 2.46. The highest BCUT2D eigenvalue weighted by molar-refractivity contribution is 6.31. The lowest BCUT2D eigenvalue weighted by atomic mass is 10.0. The van der Waals surface area contributed by atoms with Crippen LogP contribution in [-0.4, -0.2) is 24.5 Å². The van der Waals surface area contributed by atoms with Gasteiger partial charge in [0.25, 0.3) is 0 Å². The van der Waals surface area contributed by atoms with Crippen LogP contribution in [-0.2, 0) is 0 Å². The molecule has 0 spiro atoms. The van der Waals surface area contributed by atoms with Crippen molar-refractivity contribution < 1.29 is 0 Å². The lowest BCUT2D eigenvalue weighted by molar-refractivity contribution is 0.179. The molecule has 2 nitrogen and oxygen atoms in total. The number of halogens is 1. The van der Waals surface area contributed by atoms with Crippen LogP contribution in [0.25, 0.3) is 0 Å². The number of hydrogen-bond acceptors (Lipinski definition) is 2. The Kier molecular flexibility index (Phi) is 5.96. The topological polar surface area (TPSA) is 29.3 Å². The molecule has 0 saturated heterocycles. The molecule has 3 heteroatoms. The normalized spacial score (nSPS) is 14.9. The summed E-state index contributed by atoms with van der Waals surface area (Å²) < 4.78 is 0. The van der Waals surface area contributed by atoms with Crippen LogP contribution in [0.4, 0.5) is 0 Å². The third-order valence-corrected chi connectivity index (χ3v) is 3.78. The van der Waals surface area contributed by atoms with E-state index in [-0.39, 0.29) is 0 Å². The summed E-state index contributed by atoms with van der Waals surface area (Å²) in [5.74, 6) is 0. The lowest BCUT2D eigenvalue weighted by Crippen LogP contribution is -2.39. The molecule has 0 heterocycles. The van der Waals surface area contributed by atoms with Gasteiger partial charge in [-0.05, 0) is 32.0 Å². The molecule has 0 aromatic heterocycles. The summed E-state index contributed by atoms with van der Waals surface area (Å²) in [5.41, 5.74) is 7.01. The van der Waals surface area contributed by atoms with E-state index in [4.69, 9.17) is 17.3 Å². The van der Waals surface area contributed by atoms with Crippen LogP contribution in [0.1, 0.15) is 38.3 Å². The summed E-state index contributed by atoms with van der Waals surface area (Å²) in [6.07, 6.45) is 2.28. The monoisotopic (exact) mass is 254 g/mol. The predicted octanol–water partition coefficient (Wildman–Crippen LogP) is 3.46. The molecule has 0 saturated carbocycles. The second kappa shape index (κ2) is 7.00. The van der Waals surface area contributed by atoms with E-state index < -0.39 is 0 Å². The first-order chi connectivity index (χ1) is 8.11. The standard InChI is InChI=1S/C14H23ClN2/c1-4-7-12(10-16)17(3)11(2)13-8-5-6-9-14(13)15/h5-6,8-9,11-12H,4,7,10,16H2,1-3H3. The number of rotatable bonds is 6. The van der Waals surface area contributed by atoms with E-state index in [0.29, 0.717) is 18.6 Å². The van der Waals surface area contributed by atoms with E-state index in [9.17, 15) is 0 Å². The fourth-order valence-electron chi connectivity index (χ4n) is 2.17. The Bertz CT molecular complexity index is 341. The minimum atomic E-state index is 0.295. The number of likely N-dealkylation sites (N-methyl/N-ethyl adjacent to an activating group) is 1. The van der Waals surface area contributed by atoms with Crippen molar-refractivity contribution in [2.75, 3.05) is 13.6 Å². The quantitative estimate of drug-likeness (QED) is 0.843. The van der Waals surface area contributed by atoms with E-state index in [1.54, 1.807) is 0 Å². The Morgan fingerprint density at radius 1 is 1.35 bits per heavy atom. The Morgan fingerprint density at radius 3 is 2.53 bits per heavy atom. The van der Waals surface area contributed by atoms with Crippen molar-refractivity contribution in [3.8, 4) is 0 Å². The van der Waals surface area contributed by atoms with E-state index in [2.05, 4.69) is 31.9 Å². The molecule has 2 unspecified atom stereocenters. The zero-order valence-corrected chi connectivity index (χ0v) is 11.7. The highest BCUT2D eigenvalue weighted by Crippen LogP contribution is 2.27. The second-order valence-corrected chi connectivity index (χ2v) is 4.95. The van der Waals surface area contributed by atoms with Gasteiger partial charge in [-0.15, -0.1) is 0 Å². The van der Waals surface area contributed by atoms with E-state index in [0.717, 1.165) is 17.9 Å². The third-order valence-electron chi connectivity index (χ3n) is 3.44. The SMILES string of the molecule is CCCC(CN)N(C)C(C)c1ccccc1Cl. The lowest BCUT2D eigenvalue weighted by Gasteiger charge is -2.33. The van der Waals surface area contributed by atoms with Crippen molar-refractivity contribution in [2.24, 2.45) is 5.73 Å². The molecule has 2 N–H and O–H groups in total. The van der Waals surface area contributed by atoms with Gasteiger partial charge in [0.1, 0.15) is 0 Å². The first kappa shape index (κ1) is 14.5. The average Bonchev–Trinajstić information content (AvgIpc) is 2.35. The molecule has 96 valence electrons. The summed E-state index contributed by atoms with van der Waals surface area (Å²) in [4.78, 5) is 2.32. The van der Waals surface area contributed by atoms with Gasteiger partial charge in [-0.2, -0.15) is 0 Å². The highest BCUT2D eigenvalue weighted by Gasteiger charge is 2.20. The summed E-state index contributed by atoms with van der Waals surface area (Å²) in [6.45, 7) is 5.06. The summed E-state index contributed by atoms with van der Waals surface area (Å²) >= 11 is 6.23. The Labute approximate surface area is 110 Å². The van der Waals surface area contributed by atoms with E-state index in [1.165, 1.54) is 5.56 Å². The van der Waals surface area contributed by atoms with Crippen molar-refractivity contribution in [1.82, 2.24) is 4.90 Å². The smallest absolute Gasteiger partial charge is 0.0453 e. The zero-order valence-electron chi connectivity index (χ0n) is 11.0. The highest BCUT2D eigenvalue weighted by atomic mass is 35.5. The molecule has 0 amide bonds. The molecule has 2 atom stereocenters. The molecule has 0 radical (unpaired) electrons. The number of benzene rings is 1. The third kappa shape index (κ3) is 3.70. The van der Waals surface area contributed by atoms with Gasteiger partial charge in [-0.1, -0.05) is 43.1 Å². The molecule has 1 rings (SSSR count). The molecule has 0 aliphatic carbocycles. The predicted molar refractivity (Wildman–Crippen MR) is 75.4 cm³/mol. The Balaban J connectivity index is 2.81. The molecule has 0 aliphatic heterocycles. The van der Waals surface area contributed by atoms with Gasteiger partial charge in [0.2, 0.25) is 0 Å². The molecule has 17 heavy (non-hydrogen) atoms. The number of nitrogens with zero attached hydrogens (tertiary/aromatic N) is 1. The first-order valence-corrected chi connectivity index (χ1v) is 6.66. The first-order valence-electron chi connectivity index (χ1n) is 6.28. The van der Waals surface area contributed by atoms with Crippen LogP contribution in [0.15, 0.2) is 24.3 Å². The minimum Gasteiger partial charge on any atom is -0.329 e. The van der Waals surface area contributed by atoms with Crippen LogP contribution < -0.4 is 5.73 Å². The van der Waals surface area contributed by atoms with Crippen LogP contribution >= 0.6 is 11.6 Å². The number of hydrogen-bond donors (Lipinski definition) is 1. The second-order valence-electron chi connectivity index (χ2n) is 4.54. The maximum absolute atomic E-state index is 6.23. The summed E-state index contributed by atoms with van der Waals surface area (Å²) in [7, 11) is 2.13. The Morgan fingerprint density at radius 2 is 2.00 bits per heavy atom. The van der Waals surface area contributed by atoms with Crippen molar-refractivity contribution in [3.05, 3.63) is 34.9 Å². The van der Waals surface area contributed by atoms with E-state index >= 15 is 0 Å². The average molecular weight is 255 g/mol. The molecule has 1 aromatic rings. The molecular formula is C14H23ClN2. The molecule has 0 bridgehead atoms. The van der Waals surface area contributed by atoms with Gasteiger partial charge < -0.3 is 5.73 Å². The minimum absolute atomic E-state index is 0.295. The largest absolute Gasteiger partial charge is 0.329 e. The van der Waals surface area contributed by atoms with Gasteiger partial charge >= 0.3 is 0 Å². The van der Waals surface area contributed by atoms with Gasteiger partial charge in [0, 0.05) is 23.7 Å². The maximum atomic E-state index is 6.23. The van der Waals surface area contributed by atoms with Crippen molar-refractivity contribution >= 4 is 11.6 Å². The van der Waals surface area contributed by atoms with E-state index in [1.807, 2.05) is 18.2 Å². The van der Waals surface area contributed by atoms with Crippen LogP contribution in [0.5, 0.6) is 0 Å². The summed E-state index contributed by atoms with van der Waals surface area (Å²) in [5, 5.41) is 0.833. The van der Waals surface area contributed by atoms with Crippen molar-refractivity contribution in [1.29, 1.82) is 0 Å². The van der Waals surface area contributed by atoms with Gasteiger partial charge in [-0.3, -0.25) is 4.90 Å². The van der Waals surface area contributed by atoms with Crippen LogP contribution in [0.2, 0.25) is 5.02 Å². The van der Waals surface area contributed by atoms with Crippen molar-refractivity contribution in [3.63, 3.8) is 0 Å². The Hall–Kier alpha value is -0.570. The maximum Gasteiger partial charge on any atom is 0.0453 e. The number of nitrogens with two attached hydrogens (primary N) is 1. The fraction of sp³-hybridized carbons (Fsp3) is 0.571. The van der Waals surface area contributed by atoms with Crippen LogP contribution in [0, 0.1) is 0 Å². The van der Waals surface area contributed by atoms with Crippen LogP contribution in [0.3, 0.4) is 0 Å². The van der Waals surface area contributed by atoms with Gasteiger partial charge in [0.15, 0.2) is 0 Å². The van der Waals surface area contributed by atoms with Crippen molar-refractivity contribution in [2.45, 2.75) is 38.8 Å². The van der Waals surface area contributed by atoms with Gasteiger partial charge in [0.05, 0.1) is 0 Å². The molecular weight excluding hydrogens is 232 g/mol. The zero-order chi connectivity index (χ0) is 12.8. The molecule has 0 fully saturated rings.